The third kappa shape index (κ3) is 2.58. The number of carbonyl (C=O) groups is 1. The van der Waals surface area contributed by atoms with E-state index in [9.17, 15) is 15.0 Å². The summed E-state index contributed by atoms with van der Waals surface area (Å²) in [5.41, 5.74) is 4.01. The van der Waals surface area contributed by atoms with Crippen LogP contribution in [0.1, 0.15) is 15.2 Å². The minimum atomic E-state index is 0.162. The number of rotatable bonds is 3. The fourth-order valence-electron chi connectivity index (χ4n) is 3.00. The first-order valence-corrected chi connectivity index (χ1v) is 8.54. The first kappa shape index (κ1) is 15.5. The Hall–Kier alpha value is -3.05. The van der Waals surface area contributed by atoms with Crippen molar-refractivity contribution < 1.29 is 19.4 Å². The van der Waals surface area contributed by atoms with Crippen molar-refractivity contribution in [3.05, 3.63) is 58.3 Å². The van der Waals surface area contributed by atoms with Crippen molar-refractivity contribution >= 4 is 28.6 Å². The normalized spacial score (nSPS) is 11.1. The predicted octanol–water partition coefficient (Wildman–Crippen LogP) is 5.36. The second-order valence-corrected chi connectivity index (χ2v) is 6.79. The zero-order chi connectivity index (χ0) is 17.6. The number of thiophene rings is 1. The summed E-state index contributed by atoms with van der Waals surface area (Å²) in [5, 5.41) is 22.3. The molecule has 124 valence electrons. The average Bonchev–Trinajstić information content (AvgIpc) is 3.19. The molecule has 5 heteroatoms. The van der Waals surface area contributed by atoms with E-state index >= 15 is 0 Å². The SMILES string of the molecule is Cc1cc(O)cc2c(-c3csc(C=O)c3)c(-c3ccc(O)cc3)oc12. The number of benzene rings is 2. The topological polar surface area (TPSA) is 70.7 Å². The number of carbonyl (C=O) groups excluding carboxylic acids is 1. The number of hydrogen-bond acceptors (Lipinski definition) is 5. The molecule has 0 aliphatic rings. The number of fused-ring (bicyclic) bond motifs is 1. The van der Waals surface area contributed by atoms with Gasteiger partial charge in [0.15, 0.2) is 6.29 Å². The van der Waals surface area contributed by atoms with E-state index in [4.69, 9.17) is 4.42 Å². The molecule has 4 aromatic rings. The van der Waals surface area contributed by atoms with Gasteiger partial charge in [-0.1, -0.05) is 0 Å². The van der Waals surface area contributed by atoms with E-state index in [0.29, 0.717) is 16.2 Å². The van der Waals surface area contributed by atoms with Gasteiger partial charge in [0.1, 0.15) is 22.8 Å². The number of hydrogen-bond donors (Lipinski definition) is 2. The Kier molecular flexibility index (Phi) is 3.58. The van der Waals surface area contributed by atoms with Crippen LogP contribution in [-0.2, 0) is 0 Å². The summed E-state index contributed by atoms with van der Waals surface area (Å²) in [6.07, 6.45) is 0.819. The first-order chi connectivity index (χ1) is 12.1. The van der Waals surface area contributed by atoms with E-state index < -0.39 is 0 Å². The van der Waals surface area contributed by atoms with Crippen molar-refractivity contribution in [2.24, 2.45) is 0 Å². The van der Waals surface area contributed by atoms with Crippen molar-refractivity contribution in [1.29, 1.82) is 0 Å². The average molecular weight is 350 g/mol. The molecular formula is C20H14O4S. The minimum absolute atomic E-state index is 0.162. The van der Waals surface area contributed by atoms with Crippen LogP contribution in [0.5, 0.6) is 11.5 Å². The number of aromatic hydroxyl groups is 2. The predicted molar refractivity (Wildman–Crippen MR) is 98.4 cm³/mol. The van der Waals surface area contributed by atoms with E-state index in [2.05, 4.69) is 0 Å². The van der Waals surface area contributed by atoms with E-state index in [0.717, 1.165) is 33.9 Å². The smallest absolute Gasteiger partial charge is 0.160 e. The molecule has 0 fully saturated rings. The Balaban J connectivity index is 2.07. The summed E-state index contributed by atoms with van der Waals surface area (Å²) in [4.78, 5) is 11.7. The van der Waals surface area contributed by atoms with Crippen LogP contribution in [0.15, 0.2) is 52.3 Å². The fourth-order valence-corrected chi connectivity index (χ4v) is 3.70. The molecule has 2 heterocycles. The highest BCUT2D eigenvalue weighted by Crippen LogP contribution is 2.44. The van der Waals surface area contributed by atoms with Gasteiger partial charge in [-0.2, -0.15) is 0 Å². The molecule has 0 radical (unpaired) electrons. The largest absolute Gasteiger partial charge is 0.508 e. The molecule has 2 N–H and O–H groups in total. The third-order valence-corrected chi connectivity index (χ3v) is 4.97. The maximum atomic E-state index is 11.1. The van der Waals surface area contributed by atoms with Crippen molar-refractivity contribution in [2.45, 2.75) is 6.92 Å². The number of aryl methyl sites for hydroxylation is 1. The van der Waals surface area contributed by atoms with Crippen LogP contribution in [0.2, 0.25) is 0 Å². The molecular weight excluding hydrogens is 336 g/mol. The second kappa shape index (κ2) is 5.79. The van der Waals surface area contributed by atoms with Gasteiger partial charge in [-0.15, -0.1) is 11.3 Å². The summed E-state index contributed by atoms with van der Waals surface area (Å²) >= 11 is 1.36. The lowest BCUT2D eigenvalue weighted by Crippen LogP contribution is -1.80. The van der Waals surface area contributed by atoms with Crippen LogP contribution in [0, 0.1) is 6.92 Å². The van der Waals surface area contributed by atoms with Crippen molar-refractivity contribution in [1.82, 2.24) is 0 Å². The lowest BCUT2D eigenvalue weighted by atomic mass is 9.99. The van der Waals surface area contributed by atoms with Gasteiger partial charge in [0.05, 0.1) is 4.88 Å². The Morgan fingerprint density at radius 3 is 2.44 bits per heavy atom. The molecule has 25 heavy (non-hydrogen) atoms. The summed E-state index contributed by atoms with van der Waals surface area (Å²) in [6.45, 7) is 1.88. The molecule has 2 aromatic heterocycles. The first-order valence-electron chi connectivity index (χ1n) is 7.66. The summed E-state index contributed by atoms with van der Waals surface area (Å²) in [7, 11) is 0. The van der Waals surface area contributed by atoms with E-state index in [1.54, 1.807) is 36.4 Å². The summed E-state index contributed by atoms with van der Waals surface area (Å²) in [6, 6.07) is 11.9. The highest BCUT2D eigenvalue weighted by atomic mass is 32.1. The van der Waals surface area contributed by atoms with Crippen LogP contribution in [0.4, 0.5) is 0 Å². The second-order valence-electron chi connectivity index (χ2n) is 5.85. The molecule has 4 nitrogen and oxygen atoms in total. The monoisotopic (exact) mass is 350 g/mol. The zero-order valence-electron chi connectivity index (χ0n) is 13.3. The zero-order valence-corrected chi connectivity index (χ0v) is 14.1. The molecule has 0 amide bonds. The quantitative estimate of drug-likeness (QED) is 0.488. The minimum Gasteiger partial charge on any atom is -0.508 e. The van der Waals surface area contributed by atoms with Gasteiger partial charge in [0.25, 0.3) is 0 Å². The molecule has 2 aromatic carbocycles. The van der Waals surface area contributed by atoms with Gasteiger partial charge in [-0.25, -0.2) is 0 Å². The molecule has 0 aliphatic heterocycles. The van der Waals surface area contributed by atoms with Crippen LogP contribution >= 0.6 is 11.3 Å². The number of phenols is 2. The van der Waals surface area contributed by atoms with Crippen molar-refractivity contribution in [2.75, 3.05) is 0 Å². The van der Waals surface area contributed by atoms with Crippen molar-refractivity contribution in [3.8, 4) is 33.9 Å². The molecule has 0 bridgehead atoms. The lowest BCUT2D eigenvalue weighted by Gasteiger charge is -2.02. The van der Waals surface area contributed by atoms with Gasteiger partial charge in [0, 0.05) is 16.5 Å². The highest BCUT2D eigenvalue weighted by Gasteiger charge is 2.20. The molecule has 0 aliphatic carbocycles. The van der Waals surface area contributed by atoms with E-state index in [1.165, 1.54) is 11.3 Å². The highest BCUT2D eigenvalue weighted by molar-refractivity contribution is 7.12. The molecule has 0 saturated heterocycles. The van der Waals surface area contributed by atoms with Crippen LogP contribution in [-0.4, -0.2) is 16.5 Å². The Morgan fingerprint density at radius 1 is 1.00 bits per heavy atom. The molecule has 0 unspecified atom stereocenters. The summed E-state index contributed by atoms with van der Waals surface area (Å²) in [5.74, 6) is 0.975. The van der Waals surface area contributed by atoms with E-state index in [-0.39, 0.29) is 11.5 Å². The molecule has 0 saturated carbocycles. The lowest BCUT2D eigenvalue weighted by molar-refractivity contribution is 0.112. The van der Waals surface area contributed by atoms with Crippen LogP contribution in [0.3, 0.4) is 0 Å². The van der Waals surface area contributed by atoms with Gasteiger partial charge < -0.3 is 14.6 Å². The Bertz CT molecular complexity index is 1090. The van der Waals surface area contributed by atoms with Crippen LogP contribution < -0.4 is 0 Å². The maximum Gasteiger partial charge on any atom is 0.160 e. The number of phenolic OH excluding ortho intramolecular Hbond substituents is 2. The Labute approximate surface area is 147 Å². The Morgan fingerprint density at radius 2 is 1.76 bits per heavy atom. The third-order valence-electron chi connectivity index (χ3n) is 4.11. The maximum absolute atomic E-state index is 11.1. The standard InChI is InChI=1S/C20H14O4S/c1-11-6-15(23)8-17-18(13-7-16(9-21)25-10-13)20(24-19(11)17)12-2-4-14(22)5-3-12/h2-10,22-23H,1H3. The van der Waals surface area contributed by atoms with Gasteiger partial charge in [0.2, 0.25) is 0 Å². The van der Waals surface area contributed by atoms with Gasteiger partial charge in [-0.3, -0.25) is 4.79 Å². The fraction of sp³-hybridized carbons (Fsp3) is 0.0500. The number of aldehydes is 1. The van der Waals surface area contributed by atoms with E-state index in [1.807, 2.05) is 18.4 Å². The summed E-state index contributed by atoms with van der Waals surface area (Å²) < 4.78 is 6.13. The van der Waals surface area contributed by atoms with Crippen molar-refractivity contribution in [3.63, 3.8) is 0 Å². The van der Waals surface area contributed by atoms with Gasteiger partial charge in [-0.05, 0) is 65.9 Å². The van der Waals surface area contributed by atoms with Gasteiger partial charge >= 0.3 is 0 Å². The molecule has 4 rings (SSSR count). The number of furan rings is 1. The van der Waals surface area contributed by atoms with Crippen LogP contribution in [0.25, 0.3) is 33.4 Å². The molecule has 0 spiro atoms. The molecule has 0 atom stereocenters.